The van der Waals surface area contributed by atoms with E-state index >= 15 is 0 Å². The van der Waals surface area contributed by atoms with Crippen molar-refractivity contribution in [2.75, 3.05) is 18.1 Å². The van der Waals surface area contributed by atoms with Crippen LogP contribution in [-0.2, 0) is 6.54 Å². The van der Waals surface area contributed by atoms with E-state index in [1.165, 1.54) is 22.5 Å². The first-order chi connectivity index (χ1) is 9.10. The van der Waals surface area contributed by atoms with Gasteiger partial charge in [0, 0.05) is 13.6 Å². The van der Waals surface area contributed by atoms with Gasteiger partial charge in [0.25, 0.3) is 5.91 Å². The fourth-order valence-electron chi connectivity index (χ4n) is 1.79. The Morgan fingerprint density at radius 3 is 2.84 bits per heavy atom. The van der Waals surface area contributed by atoms with E-state index in [9.17, 15) is 4.79 Å². The van der Waals surface area contributed by atoms with Gasteiger partial charge in [0.05, 0.1) is 10.7 Å². The zero-order valence-electron chi connectivity index (χ0n) is 11.0. The van der Waals surface area contributed by atoms with Crippen LogP contribution in [0.15, 0.2) is 30.3 Å². The number of nitrogen functional groups attached to an aromatic ring is 1. The van der Waals surface area contributed by atoms with E-state index in [1.807, 2.05) is 6.07 Å². The highest BCUT2D eigenvalue weighted by Gasteiger charge is 2.12. The Kier molecular flexibility index (Phi) is 4.06. The fourth-order valence-corrected chi connectivity index (χ4v) is 2.72. The Morgan fingerprint density at radius 1 is 1.37 bits per heavy atom. The minimum absolute atomic E-state index is 0.147. The highest BCUT2D eigenvalue weighted by atomic mass is 32.1. The second-order valence-corrected chi connectivity index (χ2v) is 5.37. The molecule has 19 heavy (non-hydrogen) atoms. The van der Waals surface area contributed by atoms with Gasteiger partial charge in [-0.25, -0.2) is 0 Å². The first kappa shape index (κ1) is 13.4. The third kappa shape index (κ3) is 3.26. The van der Waals surface area contributed by atoms with Crippen LogP contribution in [0.5, 0.6) is 0 Å². The number of benzene rings is 1. The number of carbonyl (C=O) groups excluding carboxylic acids is 1. The summed E-state index contributed by atoms with van der Waals surface area (Å²) < 4.78 is 0. The molecule has 0 unspecified atom stereocenters. The van der Waals surface area contributed by atoms with Crippen LogP contribution in [0.25, 0.3) is 0 Å². The Morgan fingerprint density at radius 2 is 2.16 bits per heavy atom. The van der Waals surface area contributed by atoms with E-state index in [4.69, 9.17) is 5.73 Å². The van der Waals surface area contributed by atoms with Crippen molar-refractivity contribution >= 4 is 27.9 Å². The monoisotopic (exact) mass is 275 g/mol. The standard InChI is InChI=1S/C14H17N3OS/c1-9-4-3-5-10(6-9)8-17-12-7-11(15)13(19-12)14(18)16-2/h3-7,17H,8,15H2,1-2H3,(H,16,18). The molecule has 0 spiro atoms. The molecule has 0 aliphatic carbocycles. The molecule has 4 N–H and O–H groups in total. The van der Waals surface area contributed by atoms with Gasteiger partial charge in [0.15, 0.2) is 0 Å². The first-order valence-corrected chi connectivity index (χ1v) is 6.82. The lowest BCUT2D eigenvalue weighted by molar-refractivity contribution is 0.0968. The minimum atomic E-state index is -0.147. The Labute approximate surface area is 116 Å². The molecule has 2 rings (SSSR count). The number of thiophene rings is 1. The van der Waals surface area contributed by atoms with Crippen LogP contribution in [-0.4, -0.2) is 13.0 Å². The van der Waals surface area contributed by atoms with Crippen molar-refractivity contribution in [3.63, 3.8) is 0 Å². The van der Waals surface area contributed by atoms with Gasteiger partial charge in [-0.05, 0) is 18.6 Å². The largest absolute Gasteiger partial charge is 0.397 e. The van der Waals surface area contributed by atoms with Gasteiger partial charge < -0.3 is 16.4 Å². The van der Waals surface area contributed by atoms with Crippen molar-refractivity contribution in [1.29, 1.82) is 0 Å². The second-order valence-electron chi connectivity index (χ2n) is 4.32. The Balaban J connectivity index is 2.06. The van der Waals surface area contributed by atoms with Crippen molar-refractivity contribution in [3.8, 4) is 0 Å². The highest BCUT2D eigenvalue weighted by molar-refractivity contribution is 7.18. The first-order valence-electron chi connectivity index (χ1n) is 6.01. The predicted octanol–water partition coefficient (Wildman–Crippen LogP) is 2.61. The molecule has 0 saturated heterocycles. The van der Waals surface area contributed by atoms with Gasteiger partial charge in [-0.1, -0.05) is 29.8 Å². The molecule has 0 radical (unpaired) electrons. The number of nitrogens with one attached hydrogen (secondary N) is 2. The molecule has 1 aromatic carbocycles. The lowest BCUT2D eigenvalue weighted by Crippen LogP contribution is -2.17. The summed E-state index contributed by atoms with van der Waals surface area (Å²) in [6, 6.07) is 10.1. The number of carbonyl (C=O) groups is 1. The molecule has 1 amide bonds. The molecule has 1 aromatic heterocycles. The molecular weight excluding hydrogens is 258 g/mol. The van der Waals surface area contributed by atoms with Crippen molar-refractivity contribution in [2.24, 2.45) is 0 Å². The van der Waals surface area contributed by atoms with E-state index in [2.05, 4.69) is 35.8 Å². The molecule has 0 bridgehead atoms. The van der Waals surface area contributed by atoms with Crippen molar-refractivity contribution in [2.45, 2.75) is 13.5 Å². The summed E-state index contributed by atoms with van der Waals surface area (Å²) in [5, 5.41) is 6.77. The number of hydrogen-bond acceptors (Lipinski definition) is 4. The van der Waals surface area contributed by atoms with Crippen LogP contribution in [0.4, 0.5) is 10.7 Å². The number of amides is 1. The summed E-state index contributed by atoms with van der Waals surface area (Å²) in [4.78, 5) is 12.1. The van der Waals surface area contributed by atoms with Crippen LogP contribution in [0.3, 0.4) is 0 Å². The van der Waals surface area contributed by atoms with Crippen molar-refractivity contribution in [1.82, 2.24) is 5.32 Å². The molecule has 0 saturated carbocycles. The summed E-state index contributed by atoms with van der Waals surface area (Å²) in [6.45, 7) is 2.78. The van der Waals surface area contributed by atoms with E-state index in [0.29, 0.717) is 10.6 Å². The minimum Gasteiger partial charge on any atom is -0.397 e. The summed E-state index contributed by atoms with van der Waals surface area (Å²) in [5.41, 5.74) is 8.77. The van der Waals surface area contributed by atoms with Crippen LogP contribution in [0.2, 0.25) is 0 Å². The number of aryl methyl sites for hydroxylation is 1. The average Bonchev–Trinajstić information content (AvgIpc) is 2.77. The maximum Gasteiger partial charge on any atom is 0.263 e. The maximum atomic E-state index is 11.6. The number of anilines is 2. The van der Waals surface area contributed by atoms with Gasteiger partial charge in [-0.2, -0.15) is 0 Å². The van der Waals surface area contributed by atoms with E-state index < -0.39 is 0 Å². The zero-order valence-corrected chi connectivity index (χ0v) is 11.8. The number of rotatable bonds is 4. The summed E-state index contributed by atoms with van der Waals surface area (Å²) >= 11 is 1.37. The molecule has 2 aromatic rings. The van der Waals surface area contributed by atoms with Gasteiger partial charge in [-0.3, -0.25) is 4.79 Å². The third-order valence-corrected chi connectivity index (χ3v) is 3.85. The second kappa shape index (κ2) is 5.75. The SMILES string of the molecule is CNC(=O)c1sc(NCc2cccc(C)c2)cc1N. The Hall–Kier alpha value is -2.01. The highest BCUT2D eigenvalue weighted by Crippen LogP contribution is 2.29. The lowest BCUT2D eigenvalue weighted by Gasteiger charge is -2.04. The van der Waals surface area contributed by atoms with Gasteiger partial charge in [0.2, 0.25) is 0 Å². The van der Waals surface area contributed by atoms with E-state index in [-0.39, 0.29) is 5.91 Å². The number of hydrogen-bond donors (Lipinski definition) is 3. The molecule has 0 atom stereocenters. The van der Waals surface area contributed by atoms with E-state index in [1.54, 1.807) is 13.1 Å². The molecule has 1 heterocycles. The van der Waals surface area contributed by atoms with Gasteiger partial charge in [-0.15, -0.1) is 11.3 Å². The topological polar surface area (TPSA) is 67.2 Å². The third-order valence-electron chi connectivity index (χ3n) is 2.74. The van der Waals surface area contributed by atoms with Crippen molar-refractivity contribution in [3.05, 3.63) is 46.3 Å². The lowest BCUT2D eigenvalue weighted by atomic mass is 10.1. The quantitative estimate of drug-likeness (QED) is 0.803. The van der Waals surface area contributed by atoms with E-state index in [0.717, 1.165) is 11.5 Å². The summed E-state index contributed by atoms with van der Waals surface area (Å²) in [7, 11) is 1.60. The molecule has 5 heteroatoms. The molecule has 0 aliphatic heterocycles. The predicted molar refractivity (Wildman–Crippen MR) is 80.6 cm³/mol. The summed E-state index contributed by atoms with van der Waals surface area (Å²) in [5.74, 6) is -0.147. The van der Waals surface area contributed by atoms with Crippen LogP contribution >= 0.6 is 11.3 Å². The van der Waals surface area contributed by atoms with Gasteiger partial charge in [0.1, 0.15) is 4.88 Å². The van der Waals surface area contributed by atoms with Crippen molar-refractivity contribution < 1.29 is 4.79 Å². The Bertz CT molecular complexity index is 592. The van der Waals surface area contributed by atoms with Crippen LogP contribution in [0.1, 0.15) is 20.8 Å². The maximum absolute atomic E-state index is 11.6. The normalized spacial score (nSPS) is 10.2. The molecule has 0 aliphatic rings. The summed E-state index contributed by atoms with van der Waals surface area (Å²) in [6.07, 6.45) is 0. The zero-order chi connectivity index (χ0) is 13.8. The fraction of sp³-hybridized carbons (Fsp3) is 0.214. The average molecular weight is 275 g/mol. The molecule has 0 fully saturated rings. The molecule has 4 nitrogen and oxygen atoms in total. The molecule has 100 valence electrons. The molecular formula is C14H17N3OS. The van der Waals surface area contributed by atoms with Crippen LogP contribution < -0.4 is 16.4 Å². The smallest absolute Gasteiger partial charge is 0.263 e. The number of nitrogens with two attached hydrogens (primary N) is 1. The van der Waals surface area contributed by atoms with Gasteiger partial charge >= 0.3 is 0 Å². The van der Waals surface area contributed by atoms with Crippen LogP contribution in [0, 0.1) is 6.92 Å².